The summed E-state index contributed by atoms with van der Waals surface area (Å²) in [6, 6.07) is 4.33. The van der Waals surface area contributed by atoms with E-state index in [1.54, 1.807) is 0 Å². The molecule has 0 atom stereocenters. The third-order valence-electron chi connectivity index (χ3n) is 3.63. The van der Waals surface area contributed by atoms with Gasteiger partial charge in [-0.3, -0.25) is 0 Å². The Labute approximate surface area is 180 Å². The number of anilines is 1. The molecule has 166 valence electrons. The van der Waals surface area contributed by atoms with Crippen molar-refractivity contribution >= 4 is 33.6 Å². The van der Waals surface area contributed by atoms with Crippen molar-refractivity contribution in [3.05, 3.63) is 63.8 Å². The van der Waals surface area contributed by atoms with Gasteiger partial charge >= 0.3 is 18.1 Å². The highest BCUT2D eigenvalue weighted by molar-refractivity contribution is 9.10. The molecule has 12 heteroatoms. The van der Waals surface area contributed by atoms with Crippen LogP contribution in [-0.4, -0.2) is 26.2 Å². The molecule has 0 aliphatic heterocycles. The topological polar surface area (TPSA) is 73.9 Å². The Morgan fingerprint density at radius 1 is 1.03 bits per heavy atom. The van der Waals surface area contributed by atoms with E-state index in [2.05, 4.69) is 30.7 Å². The Kier molecular flexibility index (Phi) is 7.60. The molecule has 0 heterocycles. The molecular formula is C19H13BrF5NO5. The minimum Gasteiger partial charge on any atom is -0.466 e. The zero-order valence-electron chi connectivity index (χ0n) is 15.8. The Hall–Kier alpha value is -3.15. The van der Waals surface area contributed by atoms with Gasteiger partial charge in [0.2, 0.25) is 0 Å². The number of rotatable bonds is 6. The number of para-hydroxylation sites is 1. The number of hydrogen-bond acceptors (Lipinski definition) is 6. The van der Waals surface area contributed by atoms with Crippen LogP contribution >= 0.6 is 15.9 Å². The molecular weight excluding hydrogens is 497 g/mol. The molecule has 0 bridgehead atoms. The SMILES string of the molecule is COC(=O)/C=C(/Nc1cccc(Br)c1Oc1c(F)cc(C(F)(F)F)cc1F)C(=O)OC. The number of esters is 2. The first-order valence-corrected chi connectivity index (χ1v) is 8.94. The van der Waals surface area contributed by atoms with Gasteiger partial charge in [0.15, 0.2) is 23.1 Å². The predicted molar refractivity (Wildman–Crippen MR) is 101 cm³/mol. The standard InChI is InChI=1S/C19H13BrF5NO5/c1-29-15(27)8-14(18(28)30-2)26-13-5-3-4-10(20)16(13)31-17-11(21)6-9(7-12(17)22)19(23,24)25/h3-8,26H,1-2H3/b14-8+. The van der Waals surface area contributed by atoms with Crippen LogP contribution in [0, 0.1) is 11.6 Å². The molecule has 0 unspecified atom stereocenters. The molecule has 0 amide bonds. The third kappa shape index (κ3) is 5.94. The molecule has 31 heavy (non-hydrogen) atoms. The average molecular weight is 510 g/mol. The maximum Gasteiger partial charge on any atom is 0.416 e. The molecule has 0 saturated heterocycles. The van der Waals surface area contributed by atoms with Gasteiger partial charge in [0.25, 0.3) is 0 Å². The number of hydrogen-bond donors (Lipinski definition) is 1. The fourth-order valence-electron chi connectivity index (χ4n) is 2.21. The second-order valence-corrected chi connectivity index (χ2v) is 6.54. The summed E-state index contributed by atoms with van der Waals surface area (Å²) in [6.07, 6.45) is -4.20. The van der Waals surface area contributed by atoms with Crippen LogP contribution in [0.3, 0.4) is 0 Å². The largest absolute Gasteiger partial charge is 0.466 e. The van der Waals surface area contributed by atoms with Crippen LogP contribution in [0.1, 0.15) is 5.56 Å². The Bertz CT molecular complexity index is 1020. The fraction of sp³-hybridized carbons (Fsp3) is 0.158. The number of carbonyl (C=O) groups is 2. The van der Waals surface area contributed by atoms with E-state index in [0.29, 0.717) is 0 Å². The van der Waals surface area contributed by atoms with E-state index >= 15 is 0 Å². The quantitative estimate of drug-likeness (QED) is 0.328. The summed E-state index contributed by atoms with van der Waals surface area (Å²) in [6.45, 7) is 0. The van der Waals surface area contributed by atoms with Crippen molar-refractivity contribution in [3.8, 4) is 11.5 Å². The van der Waals surface area contributed by atoms with Gasteiger partial charge in [-0.1, -0.05) is 6.07 Å². The number of methoxy groups -OCH3 is 2. The summed E-state index contributed by atoms with van der Waals surface area (Å²) < 4.78 is 80.9. The van der Waals surface area contributed by atoms with Gasteiger partial charge in [0.05, 0.1) is 36.0 Å². The van der Waals surface area contributed by atoms with Crippen LogP contribution in [-0.2, 0) is 25.2 Å². The van der Waals surface area contributed by atoms with Crippen molar-refractivity contribution in [2.75, 3.05) is 19.5 Å². The lowest BCUT2D eigenvalue weighted by Gasteiger charge is -2.17. The lowest BCUT2D eigenvalue weighted by molar-refractivity contribution is -0.138. The Morgan fingerprint density at radius 3 is 2.16 bits per heavy atom. The first-order chi connectivity index (χ1) is 14.5. The molecule has 0 aliphatic rings. The molecule has 0 saturated carbocycles. The maximum atomic E-state index is 14.2. The van der Waals surface area contributed by atoms with E-state index in [0.717, 1.165) is 20.3 Å². The third-order valence-corrected chi connectivity index (χ3v) is 4.26. The first-order valence-electron chi connectivity index (χ1n) is 8.15. The predicted octanol–water partition coefficient (Wildman–Crippen LogP) is 5.18. The van der Waals surface area contributed by atoms with Crippen LogP contribution in [0.5, 0.6) is 11.5 Å². The summed E-state index contributed by atoms with van der Waals surface area (Å²) in [7, 11) is 2.11. The van der Waals surface area contributed by atoms with Gasteiger partial charge in [-0.15, -0.1) is 0 Å². The monoisotopic (exact) mass is 509 g/mol. The molecule has 2 aromatic carbocycles. The lowest BCUT2D eigenvalue weighted by Crippen LogP contribution is -2.16. The Morgan fingerprint density at radius 2 is 1.65 bits per heavy atom. The van der Waals surface area contributed by atoms with Crippen molar-refractivity contribution < 1.29 is 45.8 Å². The fourth-order valence-corrected chi connectivity index (χ4v) is 2.66. The van der Waals surface area contributed by atoms with Gasteiger partial charge in [0, 0.05) is 0 Å². The molecule has 0 radical (unpaired) electrons. The summed E-state index contributed by atoms with van der Waals surface area (Å²) >= 11 is 3.09. The van der Waals surface area contributed by atoms with Gasteiger partial charge in [-0.05, 0) is 40.2 Å². The normalized spacial score (nSPS) is 11.7. The van der Waals surface area contributed by atoms with Crippen LogP contribution < -0.4 is 10.1 Å². The minimum atomic E-state index is -4.96. The minimum absolute atomic E-state index is 0.0753. The van der Waals surface area contributed by atoms with Crippen molar-refractivity contribution in [1.29, 1.82) is 0 Å². The van der Waals surface area contributed by atoms with E-state index in [-0.39, 0.29) is 28.0 Å². The van der Waals surface area contributed by atoms with Gasteiger partial charge in [-0.2, -0.15) is 13.2 Å². The number of benzene rings is 2. The number of ether oxygens (including phenoxy) is 3. The summed E-state index contributed by atoms with van der Waals surface area (Å²) in [5.74, 6) is -6.51. The summed E-state index contributed by atoms with van der Waals surface area (Å²) in [4.78, 5) is 23.4. The summed E-state index contributed by atoms with van der Waals surface area (Å²) in [5, 5.41) is 2.51. The molecule has 0 fully saturated rings. The van der Waals surface area contributed by atoms with E-state index in [9.17, 15) is 31.5 Å². The highest BCUT2D eigenvalue weighted by atomic mass is 79.9. The van der Waals surface area contributed by atoms with E-state index in [4.69, 9.17) is 4.74 Å². The molecule has 0 aliphatic carbocycles. The molecule has 2 rings (SSSR count). The molecule has 6 nitrogen and oxygen atoms in total. The van der Waals surface area contributed by atoms with Crippen LogP contribution in [0.2, 0.25) is 0 Å². The number of carbonyl (C=O) groups excluding carboxylic acids is 2. The number of nitrogens with one attached hydrogen (secondary N) is 1. The van der Waals surface area contributed by atoms with Crippen LogP contribution in [0.4, 0.5) is 27.6 Å². The van der Waals surface area contributed by atoms with Crippen LogP contribution in [0.15, 0.2) is 46.6 Å². The number of halogens is 6. The van der Waals surface area contributed by atoms with Crippen molar-refractivity contribution in [2.45, 2.75) is 6.18 Å². The second-order valence-electron chi connectivity index (χ2n) is 5.68. The van der Waals surface area contributed by atoms with Gasteiger partial charge in [0.1, 0.15) is 5.70 Å². The van der Waals surface area contributed by atoms with Gasteiger partial charge < -0.3 is 19.5 Å². The number of alkyl halides is 3. The summed E-state index contributed by atoms with van der Waals surface area (Å²) in [5.41, 5.74) is -2.02. The van der Waals surface area contributed by atoms with Crippen LogP contribution in [0.25, 0.3) is 0 Å². The van der Waals surface area contributed by atoms with E-state index in [1.807, 2.05) is 0 Å². The van der Waals surface area contributed by atoms with Crippen molar-refractivity contribution in [1.82, 2.24) is 0 Å². The lowest BCUT2D eigenvalue weighted by atomic mass is 10.2. The average Bonchev–Trinajstić information content (AvgIpc) is 2.70. The van der Waals surface area contributed by atoms with Gasteiger partial charge in [-0.25, -0.2) is 18.4 Å². The van der Waals surface area contributed by atoms with E-state index < -0.39 is 46.8 Å². The zero-order chi connectivity index (χ0) is 23.3. The molecule has 1 N–H and O–H groups in total. The second kappa shape index (κ2) is 9.77. The Balaban J connectivity index is 2.50. The smallest absolute Gasteiger partial charge is 0.416 e. The van der Waals surface area contributed by atoms with E-state index in [1.165, 1.54) is 18.2 Å². The molecule has 0 aromatic heterocycles. The first kappa shape index (κ1) is 24.1. The molecule has 0 spiro atoms. The zero-order valence-corrected chi connectivity index (χ0v) is 17.4. The highest BCUT2D eigenvalue weighted by Gasteiger charge is 2.33. The maximum absolute atomic E-state index is 14.2. The van der Waals surface area contributed by atoms with Crippen molar-refractivity contribution in [3.63, 3.8) is 0 Å². The van der Waals surface area contributed by atoms with Crippen molar-refractivity contribution in [2.24, 2.45) is 0 Å². The highest BCUT2D eigenvalue weighted by Crippen LogP contribution is 2.41. The molecule has 2 aromatic rings.